The Bertz CT molecular complexity index is 650. The topological polar surface area (TPSA) is 78.5 Å². The van der Waals surface area contributed by atoms with E-state index in [9.17, 15) is 13.2 Å². The van der Waals surface area contributed by atoms with Crippen LogP contribution in [0.1, 0.15) is 12.8 Å². The highest BCUT2D eigenvalue weighted by Crippen LogP contribution is 2.28. The molecule has 0 atom stereocenters. The summed E-state index contributed by atoms with van der Waals surface area (Å²) in [6.45, 7) is 0. The number of nitrogens with zero attached hydrogens (tertiary/aromatic N) is 1. The van der Waals surface area contributed by atoms with Crippen molar-refractivity contribution in [3.05, 3.63) is 24.3 Å². The van der Waals surface area contributed by atoms with Crippen molar-refractivity contribution >= 4 is 38.9 Å². The van der Waals surface area contributed by atoms with Gasteiger partial charge in [0.05, 0.1) is 4.90 Å². The van der Waals surface area contributed by atoms with Crippen molar-refractivity contribution in [1.29, 1.82) is 0 Å². The molecule has 0 heterocycles. The fourth-order valence-corrected chi connectivity index (χ4v) is 2.76. The molecule has 0 saturated heterocycles. The number of anilines is 1. The lowest BCUT2D eigenvalue weighted by molar-refractivity contribution is -0.120. The van der Waals surface area contributed by atoms with Gasteiger partial charge in [-0.05, 0) is 49.3 Å². The summed E-state index contributed by atoms with van der Waals surface area (Å²) in [4.78, 5) is 11.7. The summed E-state index contributed by atoms with van der Waals surface area (Å²) >= 11 is 5.04. The number of rotatable bonds is 4. The van der Waals surface area contributed by atoms with Gasteiger partial charge in [0.25, 0.3) is 0 Å². The molecule has 2 N–H and O–H groups in total. The van der Waals surface area contributed by atoms with Crippen LogP contribution in [0.25, 0.3) is 0 Å². The van der Waals surface area contributed by atoms with E-state index in [1.807, 2.05) is 0 Å². The minimum Gasteiger partial charge on any atom is -0.332 e. The summed E-state index contributed by atoms with van der Waals surface area (Å²) in [5.74, 6) is 0.0108. The number of sulfonamides is 1. The third kappa shape index (κ3) is 3.99. The second-order valence-electron chi connectivity index (χ2n) is 5.03. The van der Waals surface area contributed by atoms with Crippen LogP contribution in [0.3, 0.4) is 0 Å². The predicted octanol–water partition coefficient (Wildman–Crippen LogP) is 1.16. The highest BCUT2D eigenvalue weighted by molar-refractivity contribution is 7.89. The quantitative estimate of drug-likeness (QED) is 0.812. The Hall–Kier alpha value is -1.51. The third-order valence-corrected chi connectivity index (χ3v) is 5.11. The molecule has 0 aliphatic heterocycles. The SMILES string of the molecule is CN(C)S(=O)(=O)c1ccc(NC(=S)NC(=O)C2CC2)cc1. The van der Waals surface area contributed by atoms with Gasteiger partial charge in [-0.25, -0.2) is 12.7 Å². The molecule has 1 aliphatic rings. The van der Waals surface area contributed by atoms with Gasteiger partial charge in [-0.2, -0.15) is 0 Å². The molecule has 0 spiro atoms. The van der Waals surface area contributed by atoms with Crippen molar-refractivity contribution in [2.75, 3.05) is 19.4 Å². The zero-order valence-electron chi connectivity index (χ0n) is 11.8. The Morgan fingerprint density at radius 1 is 1.24 bits per heavy atom. The van der Waals surface area contributed by atoms with Gasteiger partial charge in [0.2, 0.25) is 15.9 Å². The molecule has 1 saturated carbocycles. The smallest absolute Gasteiger partial charge is 0.242 e. The first-order valence-electron chi connectivity index (χ1n) is 6.45. The van der Waals surface area contributed by atoms with Crippen molar-refractivity contribution in [2.45, 2.75) is 17.7 Å². The molecule has 1 fully saturated rings. The maximum atomic E-state index is 11.9. The number of carbonyl (C=O) groups is 1. The first-order valence-corrected chi connectivity index (χ1v) is 8.30. The Balaban J connectivity index is 1.99. The maximum absolute atomic E-state index is 11.9. The van der Waals surface area contributed by atoms with Gasteiger partial charge < -0.3 is 10.6 Å². The van der Waals surface area contributed by atoms with E-state index in [4.69, 9.17) is 12.2 Å². The normalized spacial score (nSPS) is 14.8. The number of hydrogen-bond donors (Lipinski definition) is 2. The number of benzene rings is 1. The molecular weight excluding hydrogens is 310 g/mol. The monoisotopic (exact) mass is 327 g/mol. The standard InChI is InChI=1S/C13H17N3O3S2/c1-16(2)21(18,19)11-7-5-10(6-8-11)14-13(20)15-12(17)9-3-4-9/h5-9H,3-4H2,1-2H3,(H2,14,15,17,20). The zero-order valence-corrected chi connectivity index (χ0v) is 13.4. The number of carbonyl (C=O) groups excluding carboxylic acids is 1. The first kappa shape index (κ1) is 15.9. The van der Waals surface area contributed by atoms with E-state index in [0.717, 1.165) is 17.1 Å². The van der Waals surface area contributed by atoms with Gasteiger partial charge in [0.1, 0.15) is 0 Å². The molecule has 21 heavy (non-hydrogen) atoms. The van der Waals surface area contributed by atoms with E-state index in [1.54, 1.807) is 12.1 Å². The Morgan fingerprint density at radius 3 is 2.29 bits per heavy atom. The largest absolute Gasteiger partial charge is 0.332 e. The average Bonchev–Trinajstić information content (AvgIpc) is 3.23. The molecule has 114 valence electrons. The first-order chi connectivity index (χ1) is 9.80. The summed E-state index contributed by atoms with van der Waals surface area (Å²) in [5, 5.41) is 5.68. The number of hydrogen-bond acceptors (Lipinski definition) is 4. The predicted molar refractivity (Wildman–Crippen MR) is 84.4 cm³/mol. The molecule has 0 radical (unpaired) electrons. The molecule has 1 aliphatic carbocycles. The van der Waals surface area contributed by atoms with Gasteiger partial charge in [-0.3, -0.25) is 4.79 Å². The van der Waals surface area contributed by atoms with Crippen molar-refractivity contribution in [3.63, 3.8) is 0 Å². The van der Waals surface area contributed by atoms with Crippen LogP contribution in [0.2, 0.25) is 0 Å². The number of thiocarbonyl (C=S) groups is 1. The van der Waals surface area contributed by atoms with Crippen LogP contribution < -0.4 is 10.6 Å². The van der Waals surface area contributed by atoms with Gasteiger partial charge in [-0.1, -0.05) is 0 Å². The van der Waals surface area contributed by atoms with E-state index in [2.05, 4.69) is 10.6 Å². The number of nitrogens with one attached hydrogen (secondary N) is 2. The van der Waals surface area contributed by atoms with Gasteiger partial charge >= 0.3 is 0 Å². The number of amides is 1. The average molecular weight is 327 g/mol. The van der Waals surface area contributed by atoms with Crippen LogP contribution in [-0.4, -0.2) is 37.8 Å². The lowest BCUT2D eigenvalue weighted by atomic mass is 10.3. The molecule has 8 heteroatoms. The molecule has 0 aromatic heterocycles. The van der Waals surface area contributed by atoms with Crippen molar-refractivity contribution < 1.29 is 13.2 Å². The molecule has 0 bridgehead atoms. The highest BCUT2D eigenvalue weighted by atomic mass is 32.2. The Labute approximate surface area is 129 Å². The Morgan fingerprint density at radius 2 is 1.81 bits per heavy atom. The summed E-state index contributed by atoms with van der Waals surface area (Å²) in [5.41, 5.74) is 0.619. The third-order valence-electron chi connectivity index (χ3n) is 3.08. The maximum Gasteiger partial charge on any atom is 0.242 e. The lowest BCUT2D eigenvalue weighted by Gasteiger charge is -2.12. The minimum absolute atomic E-state index is 0.0701. The molecule has 1 aromatic carbocycles. The molecule has 1 aromatic rings. The minimum atomic E-state index is -3.44. The molecule has 6 nitrogen and oxygen atoms in total. The van der Waals surface area contributed by atoms with Crippen LogP contribution in [0.5, 0.6) is 0 Å². The van der Waals surface area contributed by atoms with E-state index < -0.39 is 10.0 Å². The summed E-state index contributed by atoms with van der Waals surface area (Å²) in [7, 11) is -0.489. The van der Waals surface area contributed by atoms with Crippen molar-refractivity contribution in [3.8, 4) is 0 Å². The summed E-state index contributed by atoms with van der Waals surface area (Å²) in [6.07, 6.45) is 1.82. The fourth-order valence-electron chi connectivity index (χ4n) is 1.64. The van der Waals surface area contributed by atoms with Crippen LogP contribution in [-0.2, 0) is 14.8 Å². The molecule has 2 rings (SSSR count). The highest BCUT2D eigenvalue weighted by Gasteiger charge is 2.30. The van der Waals surface area contributed by atoms with E-state index >= 15 is 0 Å². The van der Waals surface area contributed by atoms with E-state index in [-0.39, 0.29) is 21.8 Å². The van der Waals surface area contributed by atoms with Crippen LogP contribution in [0, 0.1) is 5.92 Å². The molecular formula is C13H17N3O3S2. The van der Waals surface area contributed by atoms with Gasteiger partial charge in [0, 0.05) is 25.7 Å². The van der Waals surface area contributed by atoms with Crippen LogP contribution in [0.15, 0.2) is 29.2 Å². The second-order valence-corrected chi connectivity index (χ2v) is 7.59. The summed E-state index contributed by atoms with van der Waals surface area (Å²) in [6, 6.07) is 6.18. The molecule has 1 amide bonds. The molecule has 0 unspecified atom stereocenters. The van der Waals surface area contributed by atoms with Gasteiger partial charge in [0.15, 0.2) is 5.11 Å². The zero-order chi connectivity index (χ0) is 15.6. The van der Waals surface area contributed by atoms with Crippen molar-refractivity contribution in [1.82, 2.24) is 9.62 Å². The summed E-state index contributed by atoms with van der Waals surface area (Å²) < 4.78 is 25.0. The van der Waals surface area contributed by atoms with E-state index in [1.165, 1.54) is 26.2 Å². The van der Waals surface area contributed by atoms with E-state index in [0.29, 0.717) is 5.69 Å². The lowest BCUT2D eigenvalue weighted by Crippen LogP contribution is -2.35. The van der Waals surface area contributed by atoms with Crippen LogP contribution in [0.4, 0.5) is 5.69 Å². The van der Waals surface area contributed by atoms with Crippen LogP contribution >= 0.6 is 12.2 Å². The van der Waals surface area contributed by atoms with Gasteiger partial charge in [-0.15, -0.1) is 0 Å². The van der Waals surface area contributed by atoms with Crippen molar-refractivity contribution in [2.24, 2.45) is 5.92 Å². The Kier molecular flexibility index (Phi) is 4.60. The fraction of sp³-hybridized carbons (Fsp3) is 0.385. The second kappa shape index (κ2) is 6.08.